The van der Waals surface area contributed by atoms with E-state index in [1.165, 1.54) is 0 Å². The van der Waals surface area contributed by atoms with Crippen molar-refractivity contribution in [2.24, 2.45) is 0 Å². The molecule has 0 N–H and O–H groups in total. The lowest BCUT2D eigenvalue weighted by Crippen LogP contribution is -2.47. The third-order valence-electron chi connectivity index (χ3n) is 7.17. The van der Waals surface area contributed by atoms with Crippen LogP contribution >= 0.6 is 0 Å². The molecular weight excluding hydrogens is 472 g/mol. The number of methoxy groups -OCH3 is 4. The van der Waals surface area contributed by atoms with Gasteiger partial charge in [0, 0.05) is 38.8 Å². The first kappa shape index (κ1) is 24.7. The third kappa shape index (κ3) is 4.73. The maximum absolute atomic E-state index is 13.0. The Morgan fingerprint density at radius 1 is 0.811 bits per heavy atom. The molecule has 37 heavy (non-hydrogen) atoms. The van der Waals surface area contributed by atoms with Gasteiger partial charge in [0.25, 0.3) is 0 Å². The fourth-order valence-electron chi connectivity index (χ4n) is 5.20. The molecule has 1 fully saturated rings. The minimum absolute atomic E-state index is 0.0427. The normalized spacial score (nSPS) is 17.3. The number of Topliss-reactive ketones (excluding diaryl/α,β-unsaturated/α-hetero) is 1. The Morgan fingerprint density at radius 3 is 2.11 bits per heavy atom. The first-order valence-corrected chi connectivity index (χ1v) is 12.4. The molecule has 1 aliphatic heterocycles. The molecule has 0 spiro atoms. The van der Waals surface area contributed by atoms with Gasteiger partial charge in [0.1, 0.15) is 5.75 Å². The zero-order valence-electron chi connectivity index (χ0n) is 21.7. The zero-order valence-corrected chi connectivity index (χ0v) is 21.7. The van der Waals surface area contributed by atoms with Gasteiger partial charge < -0.3 is 28.7 Å². The lowest BCUT2D eigenvalue weighted by atomic mass is 9.82. The van der Waals surface area contributed by atoms with E-state index in [-0.39, 0.29) is 11.7 Å². The summed E-state index contributed by atoms with van der Waals surface area (Å²) in [6.45, 7) is 3.21. The van der Waals surface area contributed by atoms with Crippen molar-refractivity contribution in [1.82, 2.24) is 9.97 Å². The number of aromatic nitrogens is 2. The van der Waals surface area contributed by atoms with E-state index < -0.39 is 0 Å². The Hall–Kier alpha value is -4.01. The summed E-state index contributed by atoms with van der Waals surface area (Å²) in [4.78, 5) is 27.0. The molecule has 5 rings (SSSR count). The second-order valence-corrected chi connectivity index (χ2v) is 9.16. The fourth-order valence-corrected chi connectivity index (χ4v) is 5.20. The Bertz CT molecular complexity index is 1260. The van der Waals surface area contributed by atoms with Crippen molar-refractivity contribution in [3.8, 4) is 23.0 Å². The Balaban J connectivity index is 1.35. The zero-order chi connectivity index (χ0) is 25.9. The van der Waals surface area contributed by atoms with Gasteiger partial charge in [0.15, 0.2) is 17.3 Å². The summed E-state index contributed by atoms with van der Waals surface area (Å²) in [5.74, 6) is 3.23. The van der Waals surface area contributed by atoms with Gasteiger partial charge in [-0.15, -0.1) is 0 Å². The van der Waals surface area contributed by atoms with Crippen LogP contribution in [0.25, 0.3) is 0 Å². The van der Waals surface area contributed by atoms with Crippen LogP contribution in [0.4, 0.5) is 11.6 Å². The van der Waals surface area contributed by atoms with Crippen molar-refractivity contribution in [3.63, 3.8) is 0 Å². The molecule has 0 amide bonds. The van der Waals surface area contributed by atoms with Crippen molar-refractivity contribution in [3.05, 3.63) is 59.4 Å². The summed E-state index contributed by atoms with van der Waals surface area (Å²) < 4.78 is 22.0. The van der Waals surface area contributed by atoms with E-state index in [0.29, 0.717) is 41.6 Å². The second-order valence-electron chi connectivity index (χ2n) is 9.16. The number of piperazine rings is 1. The number of benzene rings is 2. The number of hydrogen-bond acceptors (Lipinski definition) is 9. The van der Waals surface area contributed by atoms with E-state index in [1.54, 1.807) is 34.6 Å². The molecule has 2 heterocycles. The molecular formula is C28H32N4O5. The topological polar surface area (TPSA) is 86.2 Å². The van der Waals surface area contributed by atoms with Crippen molar-refractivity contribution < 1.29 is 23.7 Å². The molecule has 1 saturated heterocycles. The van der Waals surface area contributed by atoms with Gasteiger partial charge in [0.2, 0.25) is 11.7 Å². The molecule has 194 valence electrons. The molecule has 0 radical (unpaired) electrons. The Labute approximate surface area is 216 Å². The van der Waals surface area contributed by atoms with Gasteiger partial charge in [0.05, 0.1) is 45.4 Å². The van der Waals surface area contributed by atoms with Crippen LogP contribution in [0.2, 0.25) is 0 Å². The van der Waals surface area contributed by atoms with Crippen LogP contribution in [0, 0.1) is 0 Å². The first-order valence-electron chi connectivity index (χ1n) is 12.4. The predicted octanol–water partition coefficient (Wildman–Crippen LogP) is 3.75. The number of rotatable bonds is 7. The number of nitrogens with zero attached hydrogens (tertiary/aromatic N) is 4. The van der Waals surface area contributed by atoms with Crippen molar-refractivity contribution in [1.29, 1.82) is 0 Å². The van der Waals surface area contributed by atoms with Gasteiger partial charge in [-0.2, -0.15) is 0 Å². The summed E-state index contributed by atoms with van der Waals surface area (Å²) in [5.41, 5.74) is 3.45. The van der Waals surface area contributed by atoms with Gasteiger partial charge in [-0.3, -0.25) is 4.79 Å². The Kier molecular flexibility index (Phi) is 7.03. The molecule has 0 bridgehead atoms. The lowest BCUT2D eigenvalue weighted by Gasteiger charge is -2.37. The van der Waals surface area contributed by atoms with Gasteiger partial charge in [-0.25, -0.2) is 9.97 Å². The third-order valence-corrected chi connectivity index (χ3v) is 7.17. The number of ether oxygens (including phenoxy) is 4. The minimum Gasteiger partial charge on any atom is -0.495 e. The summed E-state index contributed by atoms with van der Waals surface area (Å²) in [5, 5.41) is 0. The molecule has 1 aromatic heterocycles. The van der Waals surface area contributed by atoms with Crippen molar-refractivity contribution in [2.75, 3.05) is 64.4 Å². The van der Waals surface area contributed by atoms with Crippen LogP contribution in [-0.2, 0) is 6.42 Å². The highest BCUT2D eigenvalue weighted by Crippen LogP contribution is 2.42. The summed E-state index contributed by atoms with van der Waals surface area (Å²) in [7, 11) is 6.46. The van der Waals surface area contributed by atoms with Crippen molar-refractivity contribution >= 4 is 17.4 Å². The van der Waals surface area contributed by atoms with Gasteiger partial charge >= 0.3 is 0 Å². The summed E-state index contributed by atoms with van der Waals surface area (Å²) in [6, 6.07) is 11.9. The van der Waals surface area contributed by atoms with E-state index in [4.69, 9.17) is 23.9 Å². The van der Waals surface area contributed by atoms with Crippen molar-refractivity contribution in [2.45, 2.75) is 18.8 Å². The number of hydrogen-bond donors (Lipinski definition) is 0. The average molecular weight is 505 g/mol. The summed E-state index contributed by atoms with van der Waals surface area (Å²) in [6.07, 6.45) is 2.71. The number of para-hydroxylation sites is 2. The molecule has 9 heteroatoms. The Morgan fingerprint density at radius 2 is 1.46 bits per heavy atom. The number of carbonyl (C=O) groups is 1. The van der Waals surface area contributed by atoms with Gasteiger partial charge in [-0.1, -0.05) is 12.1 Å². The minimum atomic E-state index is -0.0427. The standard InChI is InChI=1S/C28H32N4O5/c1-34-24-8-6-5-7-22(24)31-9-11-32(12-10-31)28-29-17-20-21(30-28)13-18(14-23(20)33)19-15-25(35-2)27(37-4)26(16-19)36-3/h5-8,15-18H,9-14H2,1-4H3. The van der Waals surface area contributed by atoms with Crippen LogP contribution < -0.4 is 28.7 Å². The molecule has 1 atom stereocenters. The molecule has 0 saturated carbocycles. The average Bonchev–Trinajstić information content (AvgIpc) is 2.96. The van der Waals surface area contributed by atoms with E-state index >= 15 is 0 Å². The quantitative estimate of drug-likeness (QED) is 0.477. The number of ketones is 1. The molecule has 2 aliphatic rings. The van der Waals surface area contributed by atoms with E-state index in [1.807, 2.05) is 30.3 Å². The van der Waals surface area contributed by atoms with E-state index in [2.05, 4.69) is 20.9 Å². The maximum atomic E-state index is 13.0. The highest BCUT2D eigenvalue weighted by atomic mass is 16.5. The van der Waals surface area contributed by atoms with Crippen LogP contribution in [0.5, 0.6) is 23.0 Å². The maximum Gasteiger partial charge on any atom is 0.225 e. The van der Waals surface area contributed by atoms with E-state index in [9.17, 15) is 4.79 Å². The monoisotopic (exact) mass is 504 g/mol. The number of fused-ring (bicyclic) bond motifs is 1. The highest BCUT2D eigenvalue weighted by molar-refractivity contribution is 5.98. The van der Waals surface area contributed by atoms with Crippen LogP contribution in [0.15, 0.2) is 42.6 Å². The highest BCUT2D eigenvalue weighted by Gasteiger charge is 2.31. The number of anilines is 2. The van der Waals surface area contributed by atoms with Crippen LogP contribution in [0.1, 0.15) is 34.0 Å². The smallest absolute Gasteiger partial charge is 0.225 e. The second kappa shape index (κ2) is 10.5. The summed E-state index contributed by atoms with van der Waals surface area (Å²) >= 11 is 0. The molecule has 3 aromatic rings. The SMILES string of the molecule is COc1ccccc1N1CCN(c2ncc3c(n2)CC(c2cc(OC)c(OC)c(OC)c2)CC3=O)CC1. The largest absolute Gasteiger partial charge is 0.495 e. The fraction of sp³-hybridized carbons (Fsp3) is 0.393. The predicted molar refractivity (Wildman–Crippen MR) is 141 cm³/mol. The number of carbonyl (C=O) groups excluding carboxylic acids is 1. The van der Waals surface area contributed by atoms with E-state index in [0.717, 1.165) is 48.9 Å². The van der Waals surface area contributed by atoms with Gasteiger partial charge in [-0.05, 0) is 42.2 Å². The molecule has 1 aliphatic carbocycles. The molecule has 9 nitrogen and oxygen atoms in total. The van der Waals surface area contributed by atoms with Crippen LogP contribution in [-0.4, -0.2) is 70.4 Å². The van der Waals surface area contributed by atoms with Crippen LogP contribution in [0.3, 0.4) is 0 Å². The first-order chi connectivity index (χ1) is 18.1. The molecule has 2 aromatic carbocycles. The molecule has 1 unspecified atom stereocenters. The lowest BCUT2D eigenvalue weighted by molar-refractivity contribution is 0.0962.